The summed E-state index contributed by atoms with van der Waals surface area (Å²) in [5.41, 5.74) is 3.86. The van der Waals surface area contributed by atoms with Crippen molar-refractivity contribution in [2.45, 2.75) is 32.4 Å². The first-order valence-corrected chi connectivity index (χ1v) is 9.74. The van der Waals surface area contributed by atoms with E-state index in [4.69, 9.17) is 4.74 Å². The highest BCUT2D eigenvalue weighted by Gasteiger charge is 2.34. The highest BCUT2D eigenvalue weighted by molar-refractivity contribution is 7.16. The van der Waals surface area contributed by atoms with E-state index >= 15 is 0 Å². The molecule has 2 aliphatic rings. The van der Waals surface area contributed by atoms with Crippen molar-refractivity contribution in [3.05, 3.63) is 39.8 Å². The van der Waals surface area contributed by atoms with Crippen molar-refractivity contribution in [1.82, 2.24) is 4.90 Å². The molecule has 2 aromatic rings. The second-order valence-corrected chi connectivity index (χ2v) is 8.37. The number of hydrogen-bond donors (Lipinski definition) is 1. The molecule has 6 heteroatoms. The fourth-order valence-corrected chi connectivity index (χ4v) is 5.28. The van der Waals surface area contributed by atoms with Crippen molar-refractivity contribution in [2.75, 3.05) is 32.1 Å². The Morgan fingerprint density at radius 3 is 2.92 bits per heavy atom. The molecule has 0 bridgehead atoms. The number of hydrogen-bond acceptors (Lipinski definition) is 6. The zero-order valence-corrected chi connectivity index (χ0v) is 16.2. The summed E-state index contributed by atoms with van der Waals surface area (Å²) in [6.45, 7) is 4.02. The van der Waals surface area contributed by atoms with Crippen LogP contribution in [0.5, 0.6) is 11.5 Å². The maximum absolute atomic E-state index is 11.4. The van der Waals surface area contributed by atoms with Crippen molar-refractivity contribution >= 4 is 22.1 Å². The van der Waals surface area contributed by atoms with Crippen LogP contribution in [-0.4, -0.2) is 43.0 Å². The number of Topliss-reactive ketones (excluding diaryl/α,β-unsaturated/α-hetero) is 1. The van der Waals surface area contributed by atoms with Gasteiger partial charge in [-0.25, -0.2) is 0 Å². The molecular weight excluding hydrogens is 348 g/mol. The van der Waals surface area contributed by atoms with Gasteiger partial charge < -0.3 is 14.7 Å². The standard InChI is InChI=1S/C20H24N2O3S/c1-12(23)10-21(2)20-7-14-11-22-5-4-13-6-18(25-3)17(24)8-15(13)16(22)9-19(14)26-20/h6-8,16,24H,4-5,9-11H2,1-3H3/t16-/m0/s1. The third-order valence-corrected chi connectivity index (χ3v) is 6.69. The zero-order chi connectivity index (χ0) is 18.4. The SMILES string of the molecule is COc1cc2c(cc1O)[C@@H]1Cc3sc(N(C)CC(C)=O)cc3CN1CC2. The number of phenolic OH excluding ortho intramolecular Hbond substituents is 1. The molecule has 1 N–H and O–H groups in total. The molecule has 0 saturated heterocycles. The summed E-state index contributed by atoms with van der Waals surface area (Å²) >= 11 is 1.79. The first kappa shape index (κ1) is 17.4. The van der Waals surface area contributed by atoms with Crippen LogP contribution in [0.3, 0.4) is 0 Å². The summed E-state index contributed by atoms with van der Waals surface area (Å²) in [7, 11) is 3.57. The number of likely N-dealkylation sites (N-methyl/N-ethyl adjacent to an activating group) is 1. The number of anilines is 1. The lowest BCUT2D eigenvalue weighted by Crippen LogP contribution is -2.38. The number of fused-ring (bicyclic) bond motifs is 4. The van der Waals surface area contributed by atoms with E-state index in [-0.39, 0.29) is 11.5 Å². The van der Waals surface area contributed by atoms with E-state index in [0.29, 0.717) is 18.3 Å². The van der Waals surface area contributed by atoms with Gasteiger partial charge in [-0.1, -0.05) is 0 Å². The third-order valence-electron chi connectivity index (χ3n) is 5.38. The van der Waals surface area contributed by atoms with E-state index in [0.717, 1.165) is 30.9 Å². The number of thiophene rings is 1. The fraction of sp³-hybridized carbons (Fsp3) is 0.450. The molecule has 1 aromatic heterocycles. The second kappa shape index (κ2) is 6.59. The molecule has 1 atom stereocenters. The van der Waals surface area contributed by atoms with Gasteiger partial charge in [0, 0.05) is 37.5 Å². The van der Waals surface area contributed by atoms with Crippen LogP contribution in [-0.2, 0) is 24.2 Å². The molecule has 2 aliphatic heterocycles. The number of nitrogens with zero attached hydrogens (tertiary/aromatic N) is 2. The largest absolute Gasteiger partial charge is 0.504 e. The van der Waals surface area contributed by atoms with Crippen LogP contribution >= 0.6 is 11.3 Å². The molecule has 138 valence electrons. The Bertz CT molecular complexity index is 861. The van der Waals surface area contributed by atoms with Crippen LogP contribution in [0, 0.1) is 0 Å². The van der Waals surface area contributed by atoms with E-state index in [2.05, 4.69) is 11.0 Å². The molecule has 0 amide bonds. The number of carbonyl (C=O) groups excluding carboxylic acids is 1. The van der Waals surface area contributed by atoms with Crippen molar-refractivity contribution in [3.63, 3.8) is 0 Å². The number of phenols is 1. The van der Waals surface area contributed by atoms with Crippen molar-refractivity contribution < 1.29 is 14.6 Å². The maximum Gasteiger partial charge on any atom is 0.160 e. The van der Waals surface area contributed by atoms with Gasteiger partial charge in [0.1, 0.15) is 5.78 Å². The predicted octanol–water partition coefficient (Wildman–Crippen LogP) is 3.14. The lowest BCUT2D eigenvalue weighted by molar-refractivity contribution is -0.115. The summed E-state index contributed by atoms with van der Waals surface area (Å²) in [5, 5.41) is 11.4. The highest BCUT2D eigenvalue weighted by Crippen LogP contribution is 2.45. The number of methoxy groups -OCH3 is 1. The normalized spacial score (nSPS) is 18.7. The van der Waals surface area contributed by atoms with Crippen molar-refractivity contribution in [2.24, 2.45) is 0 Å². The van der Waals surface area contributed by atoms with E-state index < -0.39 is 0 Å². The number of aromatic hydroxyl groups is 1. The van der Waals surface area contributed by atoms with Gasteiger partial charge in [-0.2, -0.15) is 0 Å². The lowest BCUT2D eigenvalue weighted by atomic mass is 9.87. The zero-order valence-electron chi connectivity index (χ0n) is 15.4. The van der Waals surface area contributed by atoms with Crippen molar-refractivity contribution in [1.29, 1.82) is 0 Å². The van der Waals surface area contributed by atoms with Crippen LogP contribution in [0.4, 0.5) is 5.00 Å². The van der Waals surface area contributed by atoms with E-state index in [9.17, 15) is 9.90 Å². The maximum atomic E-state index is 11.4. The fourth-order valence-electron chi connectivity index (χ4n) is 4.11. The third kappa shape index (κ3) is 2.97. The van der Waals surface area contributed by atoms with Crippen LogP contribution in [0.1, 0.15) is 34.5 Å². The number of ether oxygens (including phenoxy) is 1. The Hall–Kier alpha value is -2.05. The molecule has 0 aliphatic carbocycles. The second-order valence-electron chi connectivity index (χ2n) is 7.25. The summed E-state index contributed by atoms with van der Waals surface area (Å²) in [6.07, 6.45) is 1.92. The summed E-state index contributed by atoms with van der Waals surface area (Å²) in [5.74, 6) is 0.944. The first-order valence-electron chi connectivity index (χ1n) is 8.92. The number of benzene rings is 1. The average molecular weight is 372 g/mol. The Morgan fingerprint density at radius 1 is 1.38 bits per heavy atom. The molecule has 0 fully saturated rings. The topological polar surface area (TPSA) is 53.0 Å². The average Bonchev–Trinajstić information content (AvgIpc) is 3.02. The minimum absolute atomic E-state index is 0.176. The highest BCUT2D eigenvalue weighted by atomic mass is 32.1. The molecule has 0 saturated carbocycles. The van der Waals surface area contributed by atoms with E-state index in [1.165, 1.54) is 21.6 Å². The monoisotopic (exact) mass is 372 g/mol. The minimum atomic E-state index is 0.176. The van der Waals surface area contributed by atoms with Gasteiger partial charge in [-0.05, 0) is 48.2 Å². The molecule has 26 heavy (non-hydrogen) atoms. The van der Waals surface area contributed by atoms with Crippen LogP contribution in [0.25, 0.3) is 0 Å². The molecule has 5 nitrogen and oxygen atoms in total. The number of carbonyl (C=O) groups is 1. The molecule has 4 rings (SSSR count). The van der Waals surface area contributed by atoms with Gasteiger partial charge in [0.05, 0.1) is 18.7 Å². The summed E-state index contributed by atoms with van der Waals surface area (Å²) in [4.78, 5) is 17.3. The van der Waals surface area contributed by atoms with Gasteiger partial charge in [-0.3, -0.25) is 9.69 Å². The minimum Gasteiger partial charge on any atom is -0.504 e. The molecule has 0 radical (unpaired) electrons. The van der Waals surface area contributed by atoms with Crippen LogP contribution < -0.4 is 9.64 Å². The number of ketones is 1. The molecule has 1 aromatic carbocycles. The number of rotatable bonds is 4. The quantitative estimate of drug-likeness (QED) is 0.894. The smallest absolute Gasteiger partial charge is 0.160 e. The molecule has 0 spiro atoms. The van der Waals surface area contributed by atoms with Crippen LogP contribution in [0.2, 0.25) is 0 Å². The summed E-state index contributed by atoms with van der Waals surface area (Å²) in [6, 6.07) is 6.40. The Balaban J connectivity index is 1.64. The Kier molecular flexibility index (Phi) is 4.40. The Labute approximate surface area is 157 Å². The van der Waals surface area contributed by atoms with Crippen LogP contribution in [0.15, 0.2) is 18.2 Å². The molecule has 3 heterocycles. The Morgan fingerprint density at radius 2 is 2.19 bits per heavy atom. The van der Waals surface area contributed by atoms with Gasteiger partial charge in [0.25, 0.3) is 0 Å². The van der Waals surface area contributed by atoms with Gasteiger partial charge in [-0.15, -0.1) is 11.3 Å². The predicted molar refractivity (Wildman–Crippen MR) is 103 cm³/mol. The molecule has 0 unspecified atom stereocenters. The molecular formula is C20H24N2O3S. The van der Waals surface area contributed by atoms with Crippen molar-refractivity contribution in [3.8, 4) is 11.5 Å². The van der Waals surface area contributed by atoms with Gasteiger partial charge in [0.2, 0.25) is 0 Å². The van der Waals surface area contributed by atoms with E-state index in [1.807, 2.05) is 24.1 Å². The van der Waals surface area contributed by atoms with Gasteiger partial charge >= 0.3 is 0 Å². The van der Waals surface area contributed by atoms with Gasteiger partial charge in [0.15, 0.2) is 11.5 Å². The summed E-state index contributed by atoms with van der Waals surface area (Å²) < 4.78 is 5.27. The van der Waals surface area contributed by atoms with E-state index in [1.54, 1.807) is 25.4 Å². The lowest BCUT2D eigenvalue weighted by Gasteiger charge is -2.40. The first-order chi connectivity index (χ1) is 12.5.